The molecule has 0 aromatic carbocycles. The van der Waals surface area contributed by atoms with Gasteiger partial charge < -0.3 is 4.84 Å². The van der Waals surface area contributed by atoms with Crippen molar-refractivity contribution in [1.82, 2.24) is 5.48 Å². The summed E-state index contributed by atoms with van der Waals surface area (Å²) in [6.07, 6.45) is 1.15. The Balaban J connectivity index is 2.86. The van der Waals surface area contributed by atoms with Crippen LogP contribution in [0.5, 0.6) is 0 Å². The molecule has 0 amide bonds. The highest BCUT2D eigenvalue weighted by Crippen LogP contribution is 1.98. The number of hydrogen-bond donors (Lipinski definition) is 1. The van der Waals surface area contributed by atoms with Gasteiger partial charge in [0.25, 0.3) is 0 Å². The van der Waals surface area contributed by atoms with Crippen LogP contribution in [0.1, 0.15) is 20.3 Å². The highest BCUT2D eigenvalue weighted by atomic mass is 16.6. The second kappa shape index (κ2) is 5.06. The summed E-state index contributed by atoms with van der Waals surface area (Å²) in [7, 11) is 3.32. The molecule has 0 aliphatic rings. The molecule has 0 heterocycles. The lowest BCUT2D eigenvalue weighted by Crippen LogP contribution is -2.11. The molecule has 1 N–H and O–H groups in total. The van der Waals surface area contributed by atoms with Gasteiger partial charge in [0.05, 0.1) is 6.61 Å². The van der Waals surface area contributed by atoms with Gasteiger partial charge in [-0.15, -0.1) is 0 Å². The lowest BCUT2D eigenvalue weighted by atomic mass is 10.1. The molecule has 0 aliphatic heterocycles. The molecule has 0 bridgehead atoms. The molecule has 0 spiro atoms. The first-order valence-corrected chi connectivity index (χ1v) is 2.95. The average molecular weight is 116 g/mol. The normalized spacial score (nSPS) is 13.9. The summed E-state index contributed by atoms with van der Waals surface area (Å²) in [6.45, 7) is 5.02. The van der Waals surface area contributed by atoms with E-state index in [-0.39, 0.29) is 0 Å². The third-order valence-electron chi connectivity index (χ3n) is 1.17. The Kier molecular flexibility index (Phi) is 5.01. The van der Waals surface area contributed by atoms with Crippen molar-refractivity contribution >= 4 is 0 Å². The summed E-state index contributed by atoms with van der Waals surface area (Å²) >= 11 is 0. The molecular weight excluding hydrogens is 102 g/mol. The monoisotopic (exact) mass is 116 g/mol. The fourth-order valence-corrected chi connectivity index (χ4v) is 0.319. The van der Waals surface area contributed by atoms with Crippen molar-refractivity contribution in [1.29, 1.82) is 0 Å². The summed E-state index contributed by atoms with van der Waals surface area (Å²) < 4.78 is 0. The zero-order valence-electron chi connectivity index (χ0n) is 5.61. The largest absolute Gasteiger partial charge is 0.301 e. The topological polar surface area (TPSA) is 21.3 Å². The van der Waals surface area contributed by atoms with Crippen LogP contribution in [0.25, 0.3) is 0 Å². The molecule has 1 radical (unpaired) electrons. The van der Waals surface area contributed by atoms with E-state index >= 15 is 0 Å². The summed E-state index contributed by atoms with van der Waals surface area (Å²) in [5.74, 6) is 0.629. The third-order valence-corrected chi connectivity index (χ3v) is 1.17. The van der Waals surface area contributed by atoms with Crippen molar-refractivity contribution in [3.63, 3.8) is 0 Å². The van der Waals surface area contributed by atoms with Crippen LogP contribution in [0, 0.1) is 13.0 Å². The molecule has 0 aromatic heterocycles. The minimum atomic E-state index is 0.629. The summed E-state index contributed by atoms with van der Waals surface area (Å²) in [6, 6.07) is 0. The lowest BCUT2D eigenvalue weighted by Gasteiger charge is -2.05. The number of nitrogens with one attached hydrogen (secondary N) is 1. The average Bonchev–Trinajstić information content (AvgIpc) is 1.83. The van der Waals surface area contributed by atoms with Crippen LogP contribution in [-0.4, -0.2) is 6.61 Å². The first-order valence-electron chi connectivity index (χ1n) is 2.95. The SMILES string of the molecule is [CH2]NOCC(C)CC. The van der Waals surface area contributed by atoms with E-state index in [9.17, 15) is 0 Å². The predicted octanol–water partition coefficient (Wildman–Crippen LogP) is 1.35. The molecule has 8 heavy (non-hydrogen) atoms. The molecule has 0 saturated heterocycles. The first-order chi connectivity index (χ1) is 3.81. The standard InChI is InChI=1S/C6H14NO/c1-4-6(2)5-8-7-3/h6-7H,3-5H2,1-2H3. The van der Waals surface area contributed by atoms with Crippen molar-refractivity contribution in [2.75, 3.05) is 6.61 Å². The third kappa shape index (κ3) is 4.09. The van der Waals surface area contributed by atoms with Gasteiger partial charge in [-0.1, -0.05) is 20.3 Å². The van der Waals surface area contributed by atoms with Gasteiger partial charge in [0.2, 0.25) is 0 Å². The Morgan fingerprint density at radius 2 is 2.38 bits per heavy atom. The van der Waals surface area contributed by atoms with Crippen LogP contribution >= 0.6 is 0 Å². The molecule has 0 fully saturated rings. The maximum atomic E-state index is 4.83. The van der Waals surface area contributed by atoms with Gasteiger partial charge in [-0.25, -0.2) is 5.48 Å². The van der Waals surface area contributed by atoms with Crippen LogP contribution < -0.4 is 5.48 Å². The van der Waals surface area contributed by atoms with Crippen LogP contribution in [-0.2, 0) is 4.84 Å². The van der Waals surface area contributed by atoms with Crippen LogP contribution in [0.3, 0.4) is 0 Å². The quantitative estimate of drug-likeness (QED) is 0.560. The summed E-state index contributed by atoms with van der Waals surface area (Å²) in [5.41, 5.74) is 2.38. The van der Waals surface area contributed by atoms with Crippen molar-refractivity contribution < 1.29 is 4.84 Å². The maximum Gasteiger partial charge on any atom is 0.0707 e. The molecule has 2 nitrogen and oxygen atoms in total. The molecule has 49 valence electrons. The van der Waals surface area contributed by atoms with Crippen molar-refractivity contribution in [3.8, 4) is 0 Å². The van der Waals surface area contributed by atoms with E-state index in [1.54, 1.807) is 0 Å². The maximum absolute atomic E-state index is 4.83. The van der Waals surface area contributed by atoms with Gasteiger partial charge in [0, 0.05) is 7.05 Å². The summed E-state index contributed by atoms with van der Waals surface area (Å²) in [5, 5.41) is 0. The minimum Gasteiger partial charge on any atom is -0.301 e. The Morgan fingerprint density at radius 1 is 1.75 bits per heavy atom. The smallest absolute Gasteiger partial charge is 0.0707 e. The van der Waals surface area contributed by atoms with Crippen LogP contribution in [0.2, 0.25) is 0 Å². The number of rotatable bonds is 4. The zero-order chi connectivity index (χ0) is 6.41. The molecule has 0 rings (SSSR count). The fraction of sp³-hybridized carbons (Fsp3) is 0.833. The van der Waals surface area contributed by atoms with Gasteiger partial charge in [0.1, 0.15) is 0 Å². The second-order valence-electron chi connectivity index (χ2n) is 1.97. The van der Waals surface area contributed by atoms with Crippen molar-refractivity contribution in [2.45, 2.75) is 20.3 Å². The van der Waals surface area contributed by atoms with Gasteiger partial charge >= 0.3 is 0 Å². The first kappa shape index (κ1) is 7.92. The molecule has 0 aliphatic carbocycles. The highest BCUT2D eigenvalue weighted by molar-refractivity contribution is 4.43. The molecular formula is C6H14NO. The van der Waals surface area contributed by atoms with Gasteiger partial charge in [-0.3, -0.25) is 0 Å². The van der Waals surface area contributed by atoms with E-state index in [0.717, 1.165) is 13.0 Å². The van der Waals surface area contributed by atoms with E-state index in [1.807, 2.05) is 0 Å². The Hall–Kier alpha value is -0.0800. The van der Waals surface area contributed by atoms with E-state index in [0.29, 0.717) is 5.92 Å². The minimum absolute atomic E-state index is 0.629. The predicted molar refractivity (Wildman–Crippen MR) is 33.9 cm³/mol. The zero-order valence-corrected chi connectivity index (χ0v) is 5.61. The second-order valence-corrected chi connectivity index (χ2v) is 1.97. The molecule has 0 aromatic rings. The van der Waals surface area contributed by atoms with E-state index in [4.69, 9.17) is 4.84 Å². The van der Waals surface area contributed by atoms with Crippen molar-refractivity contribution in [3.05, 3.63) is 7.05 Å². The van der Waals surface area contributed by atoms with Crippen LogP contribution in [0.15, 0.2) is 0 Å². The molecule has 1 unspecified atom stereocenters. The molecule has 2 heteroatoms. The van der Waals surface area contributed by atoms with Crippen LogP contribution in [0.4, 0.5) is 0 Å². The molecule has 1 atom stereocenters. The van der Waals surface area contributed by atoms with E-state index in [2.05, 4.69) is 26.4 Å². The Morgan fingerprint density at radius 3 is 2.75 bits per heavy atom. The van der Waals surface area contributed by atoms with Crippen molar-refractivity contribution in [2.24, 2.45) is 5.92 Å². The van der Waals surface area contributed by atoms with Gasteiger partial charge in [-0.2, -0.15) is 0 Å². The number of hydrogen-bond acceptors (Lipinski definition) is 2. The molecule has 0 saturated carbocycles. The van der Waals surface area contributed by atoms with E-state index < -0.39 is 0 Å². The number of hydroxylamine groups is 1. The Bertz CT molecular complexity index is 47.8. The van der Waals surface area contributed by atoms with Gasteiger partial charge in [0.15, 0.2) is 0 Å². The lowest BCUT2D eigenvalue weighted by molar-refractivity contribution is 0.0448. The summed E-state index contributed by atoms with van der Waals surface area (Å²) in [4.78, 5) is 4.83. The fourth-order valence-electron chi connectivity index (χ4n) is 0.319. The highest BCUT2D eigenvalue weighted by Gasteiger charge is 1.95. The Labute approximate surface area is 51.2 Å². The van der Waals surface area contributed by atoms with Gasteiger partial charge in [-0.05, 0) is 5.92 Å². The van der Waals surface area contributed by atoms with E-state index in [1.165, 1.54) is 0 Å².